The van der Waals surface area contributed by atoms with E-state index in [1.54, 1.807) is 47.4 Å². The molecule has 4 aromatic carbocycles. The predicted molar refractivity (Wildman–Crippen MR) is 140 cm³/mol. The minimum atomic E-state index is -0.474. The molecule has 184 valence electrons. The molecule has 0 aliphatic heterocycles. The van der Waals surface area contributed by atoms with Crippen LogP contribution in [0.15, 0.2) is 97.1 Å². The highest BCUT2D eigenvalue weighted by Gasteiger charge is 2.18. The monoisotopic (exact) mass is 492 g/mol. The van der Waals surface area contributed by atoms with Gasteiger partial charge in [0.2, 0.25) is 0 Å². The van der Waals surface area contributed by atoms with E-state index < -0.39 is 5.82 Å². The standard InChI is InChI=1S/C30H25FN4O2/c31-27-6-2-5-26(16-27)30(37)35(20-24-4-1-3-23(15-24)18-33)19-22-9-13-28(14-10-22)34-29(36)25-11-7-21(17-32)8-12-25/h1-16H,18-20,33H2,(H,34,36). The molecule has 4 rings (SSSR count). The van der Waals surface area contributed by atoms with Gasteiger partial charge in [0, 0.05) is 36.4 Å². The molecular formula is C30H25FN4O2. The van der Waals surface area contributed by atoms with Crippen molar-refractivity contribution in [3.05, 3.63) is 136 Å². The summed E-state index contributed by atoms with van der Waals surface area (Å²) < 4.78 is 13.8. The Morgan fingerprint density at radius 3 is 2.16 bits per heavy atom. The van der Waals surface area contributed by atoms with Crippen LogP contribution in [0.25, 0.3) is 0 Å². The molecule has 0 unspecified atom stereocenters. The summed E-state index contributed by atoms with van der Waals surface area (Å²) in [6.07, 6.45) is 0. The van der Waals surface area contributed by atoms with Gasteiger partial charge in [-0.3, -0.25) is 9.59 Å². The van der Waals surface area contributed by atoms with Crippen LogP contribution in [0.1, 0.15) is 43.0 Å². The zero-order chi connectivity index (χ0) is 26.2. The van der Waals surface area contributed by atoms with E-state index in [1.165, 1.54) is 18.2 Å². The van der Waals surface area contributed by atoms with E-state index in [1.807, 2.05) is 42.5 Å². The van der Waals surface area contributed by atoms with E-state index in [-0.39, 0.29) is 23.9 Å². The van der Waals surface area contributed by atoms with Crippen LogP contribution in [-0.2, 0) is 19.6 Å². The Morgan fingerprint density at radius 2 is 1.49 bits per heavy atom. The molecule has 0 saturated heterocycles. The van der Waals surface area contributed by atoms with E-state index >= 15 is 0 Å². The maximum absolute atomic E-state index is 13.8. The van der Waals surface area contributed by atoms with Gasteiger partial charge < -0.3 is 16.0 Å². The van der Waals surface area contributed by atoms with Crippen molar-refractivity contribution in [2.45, 2.75) is 19.6 Å². The Labute approximate surface area is 214 Å². The molecule has 0 aliphatic rings. The molecule has 37 heavy (non-hydrogen) atoms. The number of carbonyl (C=O) groups excluding carboxylic acids is 2. The molecule has 0 heterocycles. The Morgan fingerprint density at radius 1 is 0.811 bits per heavy atom. The van der Waals surface area contributed by atoms with Gasteiger partial charge in [-0.2, -0.15) is 5.26 Å². The quantitative estimate of drug-likeness (QED) is 0.351. The van der Waals surface area contributed by atoms with Gasteiger partial charge in [-0.15, -0.1) is 0 Å². The lowest BCUT2D eigenvalue weighted by molar-refractivity contribution is 0.0729. The number of nitrogens with zero attached hydrogens (tertiary/aromatic N) is 2. The van der Waals surface area contributed by atoms with E-state index in [4.69, 9.17) is 11.0 Å². The van der Waals surface area contributed by atoms with E-state index in [2.05, 4.69) is 5.32 Å². The first-order valence-corrected chi connectivity index (χ1v) is 11.7. The van der Waals surface area contributed by atoms with E-state index in [0.717, 1.165) is 16.7 Å². The summed E-state index contributed by atoms with van der Waals surface area (Å²) in [6.45, 7) is 0.994. The maximum Gasteiger partial charge on any atom is 0.255 e. The molecular weight excluding hydrogens is 467 g/mol. The molecule has 3 N–H and O–H groups in total. The van der Waals surface area contributed by atoms with Crippen LogP contribution < -0.4 is 11.1 Å². The molecule has 7 heteroatoms. The van der Waals surface area contributed by atoms with Gasteiger partial charge in [-0.25, -0.2) is 4.39 Å². The number of amides is 2. The van der Waals surface area contributed by atoms with Gasteiger partial charge >= 0.3 is 0 Å². The largest absolute Gasteiger partial charge is 0.330 e. The molecule has 0 radical (unpaired) electrons. The summed E-state index contributed by atoms with van der Waals surface area (Å²) in [4.78, 5) is 27.5. The number of halogens is 1. The van der Waals surface area contributed by atoms with Gasteiger partial charge in [0.1, 0.15) is 5.82 Å². The zero-order valence-electron chi connectivity index (χ0n) is 20.0. The molecule has 0 fully saturated rings. The minimum Gasteiger partial charge on any atom is -0.330 e. The summed E-state index contributed by atoms with van der Waals surface area (Å²) in [7, 11) is 0. The summed E-state index contributed by atoms with van der Waals surface area (Å²) >= 11 is 0. The van der Waals surface area contributed by atoms with Crippen LogP contribution in [0.5, 0.6) is 0 Å². The lowest BCUT2D eigenvalue weighted by Crippen LogP contribution is -2.30. The summed E-state index contributed by atoms with van der Waals surface area (Å²) in [6, 6.07) is 28.9. The summed E-state index contributed by atoms with van der Waals surface area (Å²) in [5, 5.41) is 11.7. The predicted octanol–water partition coefficient (Wildman–Crippen LogP) is 5.25. The number of benzene rings is 4. The molecule has 0 spiro atoms. The lowest BCUT2D eigenvalue weighted by Gasteiger charge is -2.24. The number of nitriles is 1. The molecule has 0 aliphatic carbocycles. The highest BCUT2D eigenvalue weighted by molar-refractivity contribution is 6.04. The van der Waals surface area contributed by atoms with Gasteiger partial charge in [0.25, 0.3) is 11.8 Å². The summed E-state index contributed by atoms with van der Waals surface area (Å²) in [5.74, 6) is -1.06. The second-order valence-corrected chi connectivity index (χ2v) is 8.54. The first-order chi connectivity index (χ1) is 17.9. The average Bonchev–Trinajstić information content (AvgIpc) is 2.93. The van der Waals surface area contributed by atoms with Crippen LogP contribution in [-0.4, -0.2) is 16.7 Å². The first kappa shape index (κ1) is 25.3. The van der Waals surface area contributed by atoms with Crippen LogP contribution >= 0.6 is 0 Å². The second kappa shape index (κ2) is 11.8. The maximum atomic E-state index is 13.8. The van der Waals surface area contributed by atoms with Gasteiger partial charge in [0.15, 0.2) is 0 Å². The molecule has 4 aromatic rings. The second-order valence-electron chi connectivity index (χ2n) is 8.54. The molecule has 6 nitrogen and oxygen atoms in total. The number of nitrogens with one attached hydrogen (secondary N) is 1. The van der Waals surface area contributed by atoms with Crippen molar-refractivity contribution < 1.29 is 14.0 Å². The SMILES string of the molecule is N#Cc1ccc(C(=O)Nc2ccc(CN(Cc3cccc(CN)c3)C(=O)c3cccc(F)c3)cc2)cc1. The van der Waals surface area contributed by atoms with Crippen LogP contribution in [0.3, 0.4) is 0 Å². The van der Waals surface area contributed by atoms with E-state index in [9.17, 15) is 14.0 Å². The Balaban J connectivity index is 1.51. The van der Waals surface area contributed by atoms with E-state index in [0.29, 0.717) is 29.9 Å². The molecule has 0 atom stereocenters. The average molecular weight is 493 g/mol. The van der Waals surface area contributed by atoms with Crippen molar-refractivity contribution in [3.63, 3.8) is 0 Å². The Hall–Kier alpha value is -4.80. The smallest absolute Gasteiger partial charge is 0.255 e. The number of hydrogen-bond acceptors (Lipinski definition) is 4. The number of rotatable bonds is 8. The highest BCUT2D eigenvalue weighted by Crippen LogP contribution is 2.18. The third-order valence-electron chi connectivity index (χ3n) is 5.82. The minimum absolute atomic E-state index is 0.265. The van der Waals surface area contributed by atoms with Crippen LogP contribution in [0.2, 0.25) is 0 Å². The highest BCUT2D eigenvalue weighted by atomic mass is 19.1. The lowest BCUT2D eigenvalue weighted by atomic mass is 10.1. The third kappa shape index (κ3) is 6.66. The molecule has 2 amide bonds. The van der Waals surface area contributed by atoms with Gasteiger partial charge in [0.05, 0.1) is 11.6 Å². The van der Waals surface area contributed by atoms with Crippen LogP contribution in [0, 0.1) is 17.1 Å². The first-order valence-electron chi connectivity index (χ1n) is 11.7. The van der Waals surface area contributed by atoms with Crippen molar-refractivity contribution in [1.29, 1.82) is 5.26 Å². The zero-order valence-corrected chi connectivity index (χ0v) is 20.0. The fourth-order valence-electron chi connectivity index (χ4n) is 3.89. The fourth-order valence-corrected chi connectivity index (χ4v) is 3.89. The van der Waals surface area contributed by atoms with Gasteiger partial charge in [-0.05, 0) is 71.3 Å². The van der Waals surface area contributed by atoms with Crippen molar-refractivity contribution in [1.82, 2.24) is 4.90 Å². The van der Waals surface area contributed by atoms with Crippen molar-refractivity contribution in [2.24, 2.45) is 5.73 Å². The third-order valence-corrected chi connectivity index (χ3v) is 5.82. The number of nitrogens with two attached hydrogens (primary N) is 1. The normalized spacial score (nSPS) is 10.4. The molecule has 0 aromatic heterocycles. The van der Waals surface area contributed by atoms with Crippen molar-refractivity contribution >= 4 is 17.5 Å². The Kier molecular flexibility index (Phi) is 8.04. The van der Waals surface area contributed by atoms with Crippen molar-refractivity contribution in [2.75, 3.05) is 5.32 Å². The fraction of sp³-hybridized carbons (Fsp3) is 0.100. The Bertz CT molecular complexity index is 1440. The number of hydrogen-bond donors (Lipinski definition) is 2. The topological polar surface area (TPSA) is 99.2 Å². The number of carbonyl (C=O) groups is 2. The summed E-state index contributed by atoms with van der Waals surface area (Å²) in [5.41, 5.74) is 10.3. The van der Waals surface area contributed by atoms with Crippen molar-refractivity contribution in [3.8, 4) is 6.07 Å². The van der Waals surface area contributed by atoms with Gasteiger partial charge in [-0.1, -0.05) is 42.5 Å². The van der Waals surface area contributed by atoms with Crippen LogP contribution in [0.4, 0.5) is 10.1 Å². The number of anilines is 1. The molecule has 0 saturated carbocycles. The molecule has 0 bridgehead atoms.